The van der Waals surface area contributed by atoms with Gasteiger partial charge in [0, 0.05) is 19.3 Å². The van der Waals surface area contributed by atoms with Crippen LogP contribution in [0.5, 0.6) is 0 Å². The molecular formula is C52H100O6. The molecule has 0 unspecified atom stereocenters. The molecule has 0 saturated carbocycles. The predicted octanol–water partition coefficient (Wildman–Crippen LogP) is 16.5. The van der Waals surface area contributed by atoms with Gasteiger partial charge in [0.15, 0.2) is 6.10 Å². The molecule has 1 atom stereocenters. The molecule has 0 N–H and O–H groups in total. The van der Waals surface area contributed by atoms with Crippen LogP contribution in [0.15, 0.2) is 0 Å². The van der Waals surface area contributed by atoms with E-state index in [9.17, 15) is 14.4 Å². The summed E-state index contributed by atoms with van der Waals surface area (Å²) in [6, 6.07) is 0. The molecule has 6 heteroatoms. The van der Waals surface area contributed by atoms with Gasteiger partial charge in [0.2, 0.25) is 0 Å². The van der Waals surface area contributed by atoms with E-state index in [1.807, 2.05) is 0 Å². The summed E-state index contributed by atoms with van der Waals surface area (Å²) in [4.78, 5) is 37.9. The second-order valence-corrected chi connectivity index (χ2v) is 18.8. The largest absolute Gasteiger partial charge is 0.462 e. The number of hydrogen-bond acceptors (Lipinski definition) is 6. The number of carbonyl (C=O) groups is 3. The van der Waals surface area contributed by atoms with Gasteiger partial charge in [0.25, 0.3) is 0 Å². The van der Waals surface area contributed by atoms with Gasteiger partial charge in [-0.25, -0.2) is 0 Å². The van der Waals surface area contributed by atoms with Crippen molar-refractivity contribution in [3.63, 3.8) is 0 Å². The first-order chi connectivity index (χ1) is 28.2. The molecule has 0 aliphatic rings. The van der Waals surface area contributed by atoms with Crippen LogP contribution in [0.2, 0.25) is 0 Å². The highest BCUT2D eigenvalue weighted by atomic mass is 16.6. The monoisotopic (exact) mass is 821 g/mol. The topological polar surface area (TPSA) is 78.9 Å². The van der Waals surface area contributed by atoms with Crippen LogP contribution in [0.4, 0.5) is 0 Å². The van der Waals surface area contributed by atoms with Crippen molar-refractivity contribution in [2.75, 3.05) is 13.2 Å². The lowest BCUT2D eigenvalue weighted by atomic mass is 10.0. The molecule has 0 aromatic rings. The van der Waals surface area contributed by atoms with Crippen LogP contribution in [0.25, 0.3) is 0 Å². The second-order valence-electron chi connectivity index (χ2n) is 18.8. The number of ether oxygens (including phenoxy) is 3. The zero-order valence-electron chi connectivity index (χ0n) is 39.7. The maximum absolute atomic E-state index is 12.8. The van der Waals surface area contributed by atoms with Crippen molar-refractivity contribution in [1.29, 1.82) is 0 Å². The first-order valence-electron chi connectivity index (χ1n) is 25.7. The van der Waals surface area contributed by atoms with Crippen LogP contribution in [-0.2, 0) is 28.6 Å². The molecule has 344 valence electrons. The van der Waals surface area contributed by atoms with Crippen molar-refractivity contribution in [3.8, 4) is 0 Å². The van der Waals surface area contributed by atoms with Crippen LogP contribution < -0.4 is 0 Å². The Bertz CT molecular complexity index is 885. The highest BCUT2D eigenvalue weighted by Gasteiger charge is 2.19. The zero-order chi connectivity index (χ0) is 42.6. The molecule has 0 aromatic heterocycles. The molecule has 0 radical (unpaired) electrons. The molecule has 0 saturated heterocycles. The van der Waals surface area contributed by atoms with Crippen molar-refractivity contribution in [2.24, 2.45) is 11.8 Å². The zero-order valence-corrected chi connectivity index (χ0v) is 39.7. The molecule has 0 aliphatic carbocycles. The highest BCUT2D eigenvalue weighted by molar-refractivity contribution is 5.71. The van der Waals surface area contributed by atoms with Gasteiger partial charge in [-0.15, -0.1) is 0 Å². The molecule has 0 spiro atoms. The lowest BCUT2D eigenvalue weighted by Crippen LogP contribution is -2.30. The molecule has 6 nitrogen and oxygen atoms in total. The predicted molar refractivity (Wildman–Crippen MR) is 247 cm³/mol. The van der Waals surface area contributed by atoms with E-state index in [4.69, 9.17) is 14.2 Å². The Labute approximate surface area is 361 Å². The Balaban J connectivity index is 4.28. The Kier molecular flexibility index (Phi) is 43.7. The fourth-order valence-corrected chi connectivity index (χ4v) is 7.81. The van der Waals surface area contributed by atoms with Crippen molar-refractivity contribution < 1.29 is 28.6 Å². The van der Waals surface area contributed by atoms with E-state index in [0.29, 0.717) is 19.3 Å². The number of unbranched alkanes of at least 4 members (excludes halogenated alkanes) is 31. The van der Waals surface area contributed by atoms with Crippen LogP contribution >= 0.6 is 0 Å². The van der Waals surface area contributed by atoms with Gasteiger partial charge >= 0.3 is 17.9 Å². The minimum Gasteiger partial charge on any atom is -0.462 e. The maximum atomic E-state index is 12.8. The summed E-state index contributed by atoms with van der Waals surface area (Å²) in [5, 5.41) is 0. The fourth-order valence-electron chi connectivity index (χ4n) is 7.81. The molecular weight excluding hydrogens is 721 g/mol. The van der Waals surface area contributed by atoms with E-state index in [1.165, 1.54) is 173 Å². The van der Waals surface area contributed by atoms with Crippen molar-refractivity contribution in [3.05, 3.63) is 0 Å². The smallest absolute Gasteiger partial charge is 0.306 e. The first-order valence-corrected chi connectivity index (χ1v) is 25.7. The lowest BCUT2D eigenvalue weighted by molar-refractivity contribution is -0.167. The number of carbonyl (C=O) groups excluding carboxylic acids is 3. The van der Waals surface area contributed by atoms with E-state index in [2.05, 4.69) is 34.6 Å². The van der Waals surface area contributed by atoms with Gasteiger partial charge in [-0.1, -0.05) is 247 Å². The first kappa shape index (κ1) is 56.4. The summed E-state index contributed by atoms with van der Waals surface area (Å²) in [6.45, 7) is 11.4. The normalized spacial score (nSPS) is 12.1. The summed E-state index contributed by atoms with van der Waals surface area (Å²) in [6.07, 6.45) is 45.2. The van der Waals surface area contributed by atoms with Gasteiger partial charge in [-0.05, 0) is 31.1 Å². The molecule has 0 aromatic carbocycles. The van der Waals surface area contributed by atoms with Gasteiger partial charge in [-0.2, -0.15) is 0 Å². The van der Waals surface area contributed by atoms with Gasteiger partial charge < -0.3 is 14.2 Å². The van der Waals surface area contributed by atoms with Crippen molar-refractivity contribution >= 4 is 17.9 Å². The quantitative estimate of drug-likeness (QED) is 0.0346. The molecule has 0 amide bonds. The van der Waals surface area contributed by atoms with Crippen LogP contribution in [0, 0.1) is 11.8 Å². The van der Waals surface area contributed by atoms with E-state index in [-0.39, 0.29) is 31.1 Å². The van der Waals surface area contributed by atoms with Crippen molar-refractivity contribution in [1.82, 2.24) is 0 Å². The Morgan fingerprint density at radius 2 is 0.569 bits per heavy atom. The Morgan fingerprint density at radius 1 is 0.328 bits per heavy atom. The van der Waals surface area contributed by atoms with Gasteiger partial charge in [-0.3, -0.25) is 14.4 Å². The number of rotatable bonds is 46. The minimum atomic E-state index is -0.761. The molecule has 0 heterocycles. The van der Waals surface area contributed by atoms with Crippen LogP contribution in [0.3, 0.4) is 0 Å². The maximum Gasteiger partial charge on any atom is 0.306 e. The van der Waals surface area contributed by atoms with E-state index >= 15 is 0 Å². The fraction of sp³-hybridized carbons (Fsp3) is 0.942. The van der Waals surface area contributed by atoms with Gasteiger partial charge in [0.05, 0.1) is 0 Å². The lowest BCUT2D eigenvalue weighted by Gasteiger charge is -2.18. The van der Waals surface area contributed by atoms with E-state index < -0.39 is 6.10 Å². The highest BCUT2D eigenvalue weighted by Crippen LogP contribution is 2.17. The summed E-state index contributed by atoms with van der Waals surface area (Å²) < 4.78 is 16.8. The number of hydrogen-bond donors (Lipinski definition) is 0. The SMILES string of the molecule is CCCCCCCCCCCCC(=O)OC[C@@H](COC(=O)CCCCCCCCCCCCC(C)C)OC(=O)CCCCCCCCCCCCCCCCC(C)C. The number of esters is 3. The van der Waals surface area contributed by atoms with Crippen molar-refractivity contribution in [2.45, 2.75) is 291 Å². The third-order valence-electron chi connectivity index (χ3n) is 11.7. The summed E-state index contributed by atoms with van der Waals surface area (Å²) in [7, 11) is 0. The van der Waals surface area contributed by atoms with Crippen LogP contribution in [-0.4, -0.2) is 37.2 Å². The Morgan fingerprint density at radius 3 is 0.845 bits per heavy atom. The summed E-state index contributed by atoms with van der Waals surface area (Å²) in [5.74, 6) is 0.812. The van der Waals surface area contributed by atoms with E-state index in [1.54, 1.807) is 0 Å². The molecule has 0 aliphatic heterocycles. The third kappa shape index (κ3) is 45.5. The average Bonchev–Trinajstić information content (AvgIpc) is 3.19. The summed E-state index contributed by atoms with van der Waals surface area (Å²) >= 11 is 0. The van der Waals surface area contributed by atoms with Crippen LogP contribution in [0.1, 0.15) is 285 Å². The molecule has 0 fully saturated rings. The standard InChI is InChI=1S/C52H100O6/c1-6-7-8-9-10-11-22-27-32-37-42-50(53)56-45-49(46-57-51(54)43-38-33-28-23-19-18-21-26-31-36-41-48(4)5)58-52(55)44-39-34-29-24-17-15-13-12-14-16-20-25-30-35-40-47(2)3/h47-49H,6-46H2,1-5H3/t49-/m0/s1. The third-order valence-corrected chi connectivity index (χ3v) is 11.7. The molecule has 0 rings (SSSR count). The summed E-state index contributed by atoms with van der Waals surface area (Å²) in [5.41, 5.74) is 0. The van der Waals surface area contributed by atoms with Gasteiger partial charge in [0.1, 0.15) is 13.2 Å². The average molecular weight is 821 g/mol. The van der Waals surface area contributed by atoms with E-state index in [0.717, 1.165) is 69.6 Å². The molecule has 58 heavy (non-hydrogen) atoms. The molecule has 0 bridgehead atoms. The minimum absolute atomic E-state index is 0.0639. The Hall–Kier alpha value is -1.59. The second kappa shape index (κ2) is 44.9.